The molecule has 0 bridgehead atoms. The molecule has 0 unspecified atom stereocenters. The zero-order chi connectivity index (χ0) is 15.9. The van der Waals surface area contributed by atoms with E-state index in [1.54, 1.807) is 0 Å². The van der Waals surface area contributed by atoms with Crippen LogP contribution < -0.4 is 10.6 Å². The Morgan fingerprint density at radius 2 is 1.05 bits per heavy atom. The van der Waals surface area contributed by atoms with Crippen molar-refractivity contribution in [2.24, 2.45) is 0 Å². The molecular formula is C19H38N3+. The minimum atomic E-state index is 0.530. The third-order valence-electron chi connectivity index (χ3n) is 5.26. The van der Waals surface area contributed by atoms with Crippen LogP contribution in [0.5, 0.6) is 0 Å². The van der Waals surface area contributed by atoms with Crippen LogP contribution in [0.15, 0.2) is 0 Å². The Bertz CT molecular complexity index is 316. The third-order valence-corrected chi connectivity index (χ3v) is 5.26. The maximum atomic E-state index is 3.90. The van der Waals surface area contributed by atoms with Crippen molar-refractivity contribution in [3.05, 3.63) is 0 Å². The van der Waals surface area contributed by atoms with Crippen molar-refractivity contribution in [1.29, 1.82) is 0 Å². The van der Waals surface area contributed by atoms with Gasteiger partial charge in [-0.2, -0.15) is 0 Å². The lowest BCUT2D eigenvalue weighted by molar-refractivity contribution is -0.591. The molecule has 2 fully saturated rings. The molecule has 2 N–H and O–H groups in total. The second kappa shape index (κ2) is 8.79. The quantitative estimate of drug-likeness (QED) is 0.466. The number of hydrogen-bond acceptors (Lipinski definition) is 0. The predicted molar refractivity (Wildman–Crippen MR) is 95.6 cm³/mol. The van der Waals surface area contributed by atoms with Crippen molar-refractivity contribution in [3.63, 3.8) is 0 Å². The second-order valence-electron chi connectivity index (χ2n) is 7.90. The van der Waals surface area contributed by atoms with Crippen LogP contribution in [-0.2, 0) is 0 Å². The van der Waals surface area contributed by atoms with Crippen LogP contribution in [0.25, 0.3) is 0 Å². The van der Waals surface area contributed by atoms with Gasteiger partial charge in [-0.3, -0.25) is 15.2 Å². The molecule has 3 nitrogen and oxygen atoms in total. The fourth-order valence-corrected chi connectivity index (χ4v) is 4.18. The van der Waals surface area contributed by atoms with Gasteiger partial charge in [0.15, 0.2) is 0 Å². The van der Waals surface area contributed by atoms with Gasteiger partial charge in [0.2, 0.25) is 0 Å². The Balaban J connectivity index is 2.12. The highest BCUT2D eigenvalue weighted by atomic mass is 15.3. The van der Waals surface area contributed by atoms with Gasteiger partial charge < -0.3 is 0 Å². The van der Waals surface area contributed by atoms with Gasteiger partial charge in [0.1, 0.15) is 0 Å². The SMILES string of the molecule is CC(C)[N+](=C(NC1CCCCC1)NC1CCCCC1)C(C)C. The van der Waals surface area contributed by atoms with Gasteiger partial charge in [0, 0.05) is 0 Å². The van der Waals surface area contributed by atoms with E-state index in [2.05, 4.69) is 42.9 Å². The van der Waals surface area contributed by atoms with Gasteiger partial charge in [-0.25, -0.2) is 0 Å². The van der Waals surface area contributed by atoms with E-state index in [1.807, 2.05) is 0 Å². The van der Waals surface area contributed by atoms with Crippen molar-refractivity contribution >= 4 is 5.96 Å². The Hall–Kier alpha value is -0.730. The molecule has 0 aromatic heterocycles. The first kappa shape index (κ1) is 17.6. The van der Waals surface area contributed by atoms with E-state index in [-0.39, 0.29) is 0 Å². The molecule has 3 heteroatoms. The number of guanidine groups is 1. The monoisotopic (exact) mass is 308 g/mol. The zero-order valence-electron chi connectivity index (χ0n) is 15.3. The summed E-state index contributed by atoms with van der Waals surface area (Å²) in [5, 5.41) is 7.79. The maximum Gasteiger partial charge on any atom is 0.346 e. The van der Waals surface area contributed by atoms with Gasteiger partial charge in [-0.1, -0.05) is 38.5 Å². The fourth-order valence-electron chi connectivity index (χ4n) is 4.18. The lowest BCUT2D eigenvalue weighted by Gasteiger charge is -2.29. The van der Waals surface area contributed by atoms with E-state index in [0.717, 1.165) is 0 Å². The summed E-state index contributed by atoms with van der Waals surface area (Å²) in [6, 6.07) is 2.39. The van der Waals surface area contributed by atoms with Crippen LogP contribution in [0.1, 0.15) is 91.9 Å². The Morgan fingerprint density at radius 3 is 1.36 bits per heavy atom. The van der Waals surface area contributed by atoms with Gasteiger partial charge in [0.25, 0.3) is 0 Å². The van der Waals surface area contributed by atoms with Gasteiger partial charge in [-0.05, 0) is 53.4 Å². The van der Waals surface area contributed by atoms with Crippen LogP contribution in [0.3, 0.4) is 0 Å². The highest BCUT2D eigenvalue weighted by Crippen LogP contribution is 2.19. The lowest BCUT2D eigenvalue weighted by Crippen LogP contribution is -2.55. The summed E-state index contributed by atoms with van der Waals surface area (Å²) in [4.78, 5) is 0. The minimum absolute atomic E-state index is 0.530. The molecule has 0 heterocycles. The predicted octanol–water partition coefficient (Wildman–Crippen LogP) is 4.02. The van der Waals surface area contributed by atoms with Crippen LogP contribution >= 0.6 is 0 Å². The molecule has 0 aromatic carbocycles. The van der Waals surface area contributed by atoms with E-state index in [0.29, 0.717) is 24.2 Å². The molecule has 2 aliphatic carbocycles. The summed E-state index contributed by atoms with van der Waals surface area (Å²) < 4.78 is 2.54. The van der Waals surface area contributed by atoms with Crippen LogP contribution in [-0.4, -0.2) is 34.7 Å². The van der Waals surface area contributed by atoms with Gasteiger partial charge >= 0.3 is 5.96 Å². The molecule has 0 radical (unpaired) electrons. The standard InChI is InChI=1S/C19H37N3/c1-15(2)22(16(3)4)19(20-17-11-7-5-8-12-17)21-18-13-9-6-10-14-18/h15-18H,5-14H2,1-4H3,(H,20,21)/p+1. The summed E-state index contributed by atoms with van der Waals surface area (Å²) in [6.07, 6.45) is 13.7. The molecule has 128 valence electrons. The fraction of sp³-hybridized carbons (Fsp3) is 0.947. The molecule has 0 aliphatic heterocycles. The van der Waals surface area contributed by atoms with Crippen LogP contribution in [0.2, 0.25) is 0 Å². The highest BCUT2D eigenvalue weighted by molar-refractivity contribution is 5.75. The Labute approximate surface area is 138 Å². The first-order valence-electron chi connectivity index (χ1n) is 9.76. The molecule has 0 spiro atoms. The average molecular weight is 309 g/mol. The first-order chi connectivity index (χ1) is 10.6. The molecule has 0 amide bonds. The molecular weight excluding hydrogens is 270 g/mol. The lowest BCUT2D eigenvalue weighted by atomic mass is 9.95. The highest BCUT2D eigenvalue weighted by Gasteiger charge is 2.27. The van der Waals surface area contributed by atoms with E-state index >= 15 is 0 Å². The molecule has 2 aliphatic rings. The molecule has 2 saturated carbocycles. The number of nitrogens with one attached hydrogen (secondary N) is 2. The Morgan fingerprint density at radius 1 is 0.682 bits per heavy atom. The number of hydrogen-bond donors (Lipinski definition) is 2. The van der Waals surface area contributed by atoms with Crippen LogP contribution in [0.4, 0.5) is 0 Å². The summed E-state index contributed by atoms with van der Waals surface area (Å²) >= 11 is 0. The van der Waals surface area contributed by atoms with Crippen molar-refractivity contribution < 1.29 is 4.58 Å². The summed E-state index contributed by atoms with van der Waals surface area (Å²) in [7, 11) is 0. The summed E-state index contributed by atoms with van der Waals surface area (Å²) in [5.74, 6) is 1.31. The molecule has 0 aromatic rings. The van der Waals surface area contributed by atoms with E-state index in [1.165, 1.54) is 70.2 Å². The Kier molecular flexibility index (Phi) is 7.04. The van der Waals surface area contributed by atoms with Crippen molar-refractivity contribution in [2.45, 2.75) is 116 Å². The molecule has 22 heavy (non-hydrogen) atoms. The third kappa shape index (κ3) is 5.17. The first-order valence-corrected chi connectivity index (χ1v) is 9.76. The summed E-state index contributed by atoms with van der Waals surface area (Å²) in [5.41, 5.74) is 0. The van der Waals surface area contributed by atoms with Crippen molar-refractivity contribution in [2.75, 3.05) is 0 Å². The molecule has 0 atom stereocenters. The number of rotatable bonds is 4. The van der Waals surface area contributed by atoms with Crippen LogP contribution in [0, 0.1) is 0 Å². The summed E-state index contributed by atoms with van der Waals surface area (Å²) in [6.45, 7) is 9.24. The maximum absolute atomic E-state index is 3.90. The van der Waals surface area contributed by atoms with Gasteiger partial charge in [0.05, 0.1) is 24.2 Å². The normalized spacial score (nSPS) is 21.2. The molecule has 2 rings (SSSR count). The smallest absolute Gasteiger partial charge is 0.275 e. The van der Waals surface area contributed by atoms with Crippen molar-refractivity contribution in [1.82, 2.24) is 10.6 Å². The average Bonchev–Trinajstić information content (AvgIpc) is 2.48. The molecule has 0 saturated heterocycles. The van der Waals surface area contributed by atoms with Gasteiger partial charge in [-0.15, -0.1) is 0 Å². The van der Waals surface area contributed by atoms with Crippen molar-refractivity contribution in [3.8, 4) is 0 Å². The van der Waals surface area contributed by atoms with E-state index < -0.39 is 0 Å². The van der Waals surface area contributed by atoms with E-state index in [4.69, 9.17) is 0 Å². The largest absolute Gasteiger partial charge is 0.346 e. The number of nitrogens with zero attached hydrogens (tertiary/aromatic N) is 1. The minimum Gasteiger partial charge on any atom is -0.275 e. The van der Waals surface area contributed by atoms with E-state index in [9.17, 15) is 0 Å². The topological polar surface area (TPSA) is 27.1 Å². The zero-order valence-corrected chi connectivity index (χ0v) is 15.3. The second-order valence-corrected chi connectivity index (χ2v) is 7.90.